The summed E-state index contributed by atoms with van der Waals surface area (Å²) in [6.07, 6.45) is 2.40. The normalized spacial score (nSPS) is 21.5. The quantitative estimate of drug-likeness (QED) is 0.875. The number of benzene rings is 1. The first-order chi connectivity index (χ1) is 10.8. The zero-order valence-electron chi connectivity index (χ0n) is 14.0. The van der Waals surface area contributed by atoms with Gasteiger partial charge in [-0.15, -0.1) is 0 Å². The van der Waals surface area contributed by atoms with Crippen LogP contribution in [-0.2, 0) is 15.1 Å². The van der Waals surface area contributed by atoms with Gasteiger partial charge in [-0.1, -0.05) is 18.2 Å². The maximum Gasteiger partial charge on any atom is 0.306 e. The van der Waals surface area contributed by atoms with Crippen LogP contribution in [-0.4, -0.2) is 24.1 Å². The van der Waals surface area contributed by atoms with Crippen LogP contribution < -0.4 is 10.1 Å². The average molecular weight is 319 g/mol. The highest BCUT2D eigenvalue weighted by atomic mass is 16.5. The number of carbonyl (C=O) groups excluding carboxylic acids is 1. The summed E-state index contributed by atoms with van der Waals surface area (Å²) in [4.78, 5) is 23.6. The molecule has 1 aliphatic carbocycles. The average Bonchev–Trinajstić information content (AvgIpc) is 2.54. The van der Waals surface area contributed by atoms with Crippen molar-refractivity contribution in [3.8, 4) is 5.75 Å². The summed E-state index contributed by atoms with van der Waals surface area (Å²) in [6.45, 7) is 3.90. The summed E-state index contributed by atoms with van der Waals surface area (Å²) in [6, 6.07) is 7.64. The van der Waals surface area contributed by atoms with Crippen molar-refractivity contribution in [3.05, 3.63) is 29.8 Å². The second kappa shape index (κ2) is 7.02. The molecule has 1 aromatic rings. The van der Waals surface area contributed by atoms with E-state index >= 15 is 0 Å². The standard InChI is InChI=1S/C18H25NO4/c1-18(2,14-6-4-5-7-15(14)23-3)19-16(20)12-8-10-13(11-9-12)17(21)22/h4-7,12-13H,8-11H2,1-3H3,(H,19,20)(H,21,22). The smallest absolute Gasteiger partial charge is 0.306 e. The number of carboxylic acids is 1. The number of hydrogen-bond donors (Lipinski definition) is 2. The lowest BCUT2D eigenvalue weighted by molar-refractivity contribution is -0.144. The van der Waals surface area contributed by atoms with E-state index in [4.69, 9.17) is 9.84 Å². The van der Waals surface area contributed by atoms with Gasteiger partial charge >= 0.3 is 5.97 Å². The van der Waals surface area contributed by atoms with Gasteiger partial charge in [0.2, 0.25) is 5.91 Å². The molecule has 126 valence electrons. The van der Waals surface area contributed by atoms with Crippen LogP contribution in [0.25, 0.3) is 0 Å². The predicted octanol–water partition coefficient (Wildman–Crippen LogP) is 2.94. The third-order valence-electron chi connectivity index (χ3n) is 4.66. The Balaban J connectivity index is 2.03. The van der Waals surface area contributed by atoms with Gasteiger partial charge < -0.3 is 15.2 Å². The Labute approximate surface area is 137 Å². The van der Waals surface area contributed by atoms with Crippen LogP contribution in [0.1, 0.15) is 45.1 Å². The third-order valence-corrected chi connectivity index (χ3v) is 4.66. The van der Waals surface area contributed by atoms with Gasteiger partial charge in [0.15, 0.2) is 0 Å². The number of hydrogen-bond acceptors (Lipinski definition) is 3. The molecule has 1 aliphatic rings. The monoisotopic (exact) mass is 319 g/mol. The molecule has 0 bridgehead atoms. The van der Waals surface area contributed by atoms with Gasteiger partial charge in [-0.25, -0.2) is 0 Å². The molecule has 0 atom stereocenters. The molecule has 1 saturated carbocycles. The van der Waals surface area contributed by atoms with Crippen molar-refractivity contribution in [3.63, 3.8) is 0 Å². The number of amides is 1. The highest BCUT2D eigenvalue weighted by Crippen LogP contribution is 2.32. The first-order valence-corrected chi connectivity index (χ1v) is 8.03. The predicted molar refractivity (Wildman–Crippen MR) is 87.2 cm³/mol. The molecule has 1 amide bonds. The Morgan fingerprint density at radius 2 is 1.70 bits per heavy atom. The maximum atomic E-state index is 12.6. The van der Waals surface area contributed by atoms with Gasteiger partial charge in [-0.3, -0.25) is 9.59 Å². The van der Waals surface area contributed by atoms with Crippen molar-refractivity contribution in [1.82, 2.24) is 5.32 Å². The Hall–Kier alpha value is -2.04. The molecule has 1 aromatic carbocycles. The zero-order chi connectivity index (χ0) is 17.0. The largest absolute Gasteiger partial charge is 0.496 e. The minimum atomic E-state index is -0.752. The molecule has 1 fully saturated rings. The minimum absolute atomic E-state index is 0.00950. The molecule has 0 aliphatic heterocycles. The molecular formula is C18H25NO4. The molecule has 2 rings (SSSR count). The molecule has 5 heteroatoms. The number of aliphatic carboxylic acids is 1. The molecule has 2 N–H and O–H groups in total. The highest BCUT2D eigenvalue weighted by molar-refractivity contribution is 5.80. The molecule has 0 radical (unpaired) electrons. The van der Waals surface area contributed by atoms with E-state index in [1.807, 2.05) is 38.1 Å². The second-order valence-electron chi connectivity index (χ2n) is 6.70. The number of nitrogens with one attached hydrogen (secondary N) is 1. The summed E-state index contributed by atoms with van der Waals surface area (Å²) in [5.41, 5.74) is 0.378. The van der Waals surface area contributed by atoms with E-state index in [0.29, 0.717) is 25.7 Å². The van der Waals surface area contributed by atoms with Gasteiger partial charge in [-0.05, 0) is 45.6 Å². The van der Waals surface area contributed by atoms with Gasteiger partial charge in [0.1, 0.15) is 5.75 Å². The van der Waals surface area contributed by atoms with Crippen molar-refractivity contribution >= 4 is 11.9 Å². The minimum Gasteiger partial charge on any atom is -0.496 e. The Kier molecular flexibility index (Phi) is 5.29. The number of methoxy groups -OCH3 is 1. The number of para-hydroxylation sites is 1. The third kappa shape index (κ3) is 4.03. The van der Waals surface area contributed by atoms with Crippen LogP contribution in [0.4, 0.5) is 0 Å². The summed E-state index contributed by atoms with van der Waals surface area (Å²) < 4.78 is 5.38. The van der Waals surface area contributed by atoms with E-state index in [0.717, 1.165) is 11.3 Å². The van der Waals surface area contributed by atoms with Gasteiger partial charge in [0.05, 0.1) is 18.6 Å². The van der Waals surface area contributed by atoms with Crippen molar-refractivity contribution in [2.24, 2.45) is 11.8 Å². The lowest BCUT2D eigenvalue weighted by atomic mass is 9.81. The van der Waals surface area contributed by atoms with Crippen LogP contribution >= 0.6 is 0 Å². The number of ether oxygens (including phenoxy) is 1. The summed E-state index contributed by atoms with van der Waals surface area (Å²) >= 11 is 0. The number of carbonyl (C=O) groups is 2. The molecule has 0 heterocycles. The Morgan fingerprint density at radius 3 is 2.26 bits per heavy atom. The Bertz CT molecular complexity index is 574. The van der Waals surface area contributed by atoms with Crippen molar-refractivity contribution in [1.29, 1.82) is 0 Å². The first-order valence-electron chi connectivity index (χ1n) is 8.03. The molecule has 0 unspecified atom stereocenters. The van der Waals surface area contributed by atoms with Gasteiger partial charge in [0.25, 0.3) is 0 Å². The molecule has 0 saturated heterocycles. The molecule has 23 heavy (non-hydrogen) atoms. The zero-order valence-corrected chi connectivity index (χ0v) is 14.0. The van der Waals surface area contributed by atoms with Crippen LogP contribution in [0, 0.1) is 11.8 Å². The second-order valence-corrected chi connectivity index (χ2v) is 6.70. The fraction of sp³-hybridized carbons (Fsp3) is 0.556. The van der Waals surface area contributed by atoms with E-state index < -0.39 is 11.5 Å². The maximum absolute atomic E-state index is 12.6. The van der Waals surface area contributed by atoms with E-state index in [1.54, 1.807) is 7.11 Å². The highest BCUT2D eigenvalue weighted by Gasteiger charge is 2.33. The van der Waals surface area contributed by atoms with E-state index in [-0.39, 0.29) is 17.7 Å². The van der Waals surface area contributed by atoms with E-state index in [1.165, 1.54) is 0 Å². The van der Waals surface area contributed by atoms with Crippen LogP contribution in [0.15, 0.2) is 24.3 Å². The van der Waals surface area contributed by atoms with Crippen LogP contribution in [0.5, 0.6) is 5.75 Å². The lowest BCUT2D eigenvalue weighted by Crippen LogP contribution is -2.45. The molecule has 5 nitrogen and oxygen atoms in total. The first kappa shape index (κ1) is 17.3. The van der Waals surface area contributed by atoms with Crippen molar-refractivity contribution < 1.29 is 19.4 Å². The SMILES string of the molecule is COc1ccccc1C(C)(C)NC(=O)C1CCC(C(=O)O)CC1. The number of rotatable bonds is 5. The Morgan fingerprint density at radius 1 is 1.13 bits per heavy atom. The van der Waals surface area contributed by atoms with E-state index in [9.17, 15) is 9.59 Å². The van der Waals surface area contributed by atoms with Gasteiger partial charge in [0, 0.05) is 11.5 Å². The fourth-order valence-electron chi connectivity index (χ4n) is 3.24. The molecule has 0 aromatic heterocycles. The summed E-state index contributed by atoms with van der Waals surface area (Å²) in [5, 5.41) is 12.1. The number of carboxylic acid groups (broad SMARTS) is 1. The van der Waals surface area contributed by atoms with Crippen LogP contribution in [0.2, 0.25) is 0 Å². The summed E-state index contributed by atoms with van der Waals surface area (Å²) in [5.74, 6) is -0.434. The lowest BCUT2D eigenvalue weighted by Gasteiger charge is -2.32. The summed E-state index contributed by atoms with van der Waals surface area (Å²) in [7, 11) is 1.61. The van der Waals surface area contributed by atoms with Crippen molar-refractivity contribution in [2.45, 2.75) is 45.1 Å². The van der Waals surface area contributed by atoms with Crippen LogP contribution in [0.3, 0.4) is 0 Å². The van der Waals surface area contributed by atoms with E-state index in [2.05, 4.69) is 5.32 Å². The van der Waals surface area contributed by atoms with Crippen molar-refractivity contribution in [2.75, 3.05) is 7.11 Å². The molecular weight excluding hydrogens is 294 g/mol. The molecule has 0 spiro atoms. The fourth-order valence-corrected chi connectivity index (χ4v) is 3.24. The van der Waals surface area contributed by atoms with Gasteiger partial charge in [-0.2, -0.15) is 0 Å². The topological polar surface area (TPSA) is 75.6 Å².